The average Bonchev–Trinajstić information content (AvgIpc) is 2.15. The summed E-state index contributed by atoms with van der Waals surface area (Å²) in [6, 6.07) is 4.52. The van der Waals surface area contributed by atoms with Gasteiger partial charge in [-0.15, -0.1) is 0 Å². The predicted molar refractivity (Wildman–Crippen MR) is 61.0 cm³/mol. The predicted octanol–water partition coefficient (Wildman–Crippen LogP) is 2.45. The molecule has 0 aromatic heterocycles. The van der Waals surface area contributed by atoms with Gasteiger partial charge in [-0.25, -0.2) is 9.18 Å². The minimum atomic E-state index is -0.666. The summed E-state index contributed by atoms with van der Waals surface area (Å²) in [7, 11) is 5.35. The van der Waals surface area contributed by atoms with Gasteiger partial charge in [-0.1, -0.05) is 18.5 Å². The fourth-order valence-corrected chi connectivity index (χ4v) is 1.23. The number of hydrogen-bond acceptors (Lipinski definition) is 2. The molecular weight excluding hydrogens is 206 g/mol. The van der Waals surface area contributed by atoms with E-state index in [1.54, 1.807) is 32.9 Å². The van der Waals surface area contributed by atoms with Gasteiger partial charge in [-0.05, 0) is 32.4 Å². The normalized spacial score (nSPS) is 11.2. The number of halogens is 1. The number of hydrogen-bond donors (Lipinski definition) is 0. The van der Waals surface area contributed by atoms with E-state index in [1.165, 1.54) is 6.07 Å². The van der Waals surface area contributed by atoms with E-state index in [4.69, 9.17) is 12.6 Å². The Morgan fingerprint density at radius 1 is 1.44 bits per heavy atom. The second kappa shape index (κ2) is 4.68. The lowest BCUT2D eigenvalue weighted by molar-refractivity contribution is 0.00645. The zero-order chi connectivity index (χ0) is 12.3. The van der Waals surface area contributed by atoms with Crippen molar-refractivity contribution in [3.05, 3.63) is 35.1 Å². The zero-order valence-corrected chi connectivity index (χ0v) is 9.71. The topological polar surface area (TPSA) is 26.3 Å². The van der Waals surface area contributed by atoms with Crippen molar-refractivity contribution in [1.29, 1.82) is 0 Å². The molecule has 0 atom stereocenters. The van der Waals surface area contributed by atoms with E-state index in [9.17, 15) is 9.18 Å². The molecular formula is C12H14BFO2. The maximum atomic E-state index is 13.7. The lowest BCUT2D eigenvalue weighted by Gasteiger charge is -2.19. The molecule has 0 N–H and O–H groups in total. The van der Waals surface area contributed by atoms with Gasteiger partial charge in [0.05, 0.1) is 13.4 Å². The lowest BCUT2D eigenvalue weighted by atomic mass is 9.95. The van der Waals surface area contributed by atoms with Crippen LogP contribution in [0.2, 0.25) is 0 Å². The molecule has 0 unspecified atom stereocenters. The Kier molecular flexibility index (Phi) is 3.73. The number of carbonyl (C=O) groups is 1. The van der Waals surface area contributed by atoms with Crippen molar-refractivity contribution in [1.82, 2.24) is 0 Å². The van der Waals surface area contributed by atoms with Gasteiger partial charge < -0.3 is 4.74 Å². The van der Waals surface area contributed by atoms with Crippen LogP contribution in [0.5, 0.6) is 0 Å². The first-order chi connectivity index (χ1) is 7.35. The number of carbonyl (C=O) groups excluding carboxylic acids is 1. The van der Waals surface area contributed by atoms with Crippen LogP contribution in [-0.2, 0) is 11.1 Å². The van der Waals surface area contributed by atoms with E-state index in [1.807, 2.05) is 0 Å². The van der Waals surface area contributed by atoms with Gasteiger partial charge in [-0.2, -0.15) is 0 Å². The van der Waals surface area contributed by atoms with Gasteiger partial charge in [0.15, 0.2) is 0 Å². The summed E-state index contributed by atoms with van der Waals surface area (Å²) in [6.45, 7) is 5.20. The molecule has 2 nitrogen and oxygen atoms in total. The Labute approximate surface area is 96.2 Å². The Hall–Kier alpha value is -1.32. The number of ether oxygens (including phenoxy) is 1. The number of rotatable bonds is 2. The lowest BCUT2D eigenvalue weighted by Crippen LogP contribution is -2.24. The second-order valence-electron chi connectivity index (χ2n) is 4.48. The van der Waals surface area contributed by atoms with E-state index >= 15 is 0 Å². The molecule has 0 aliphatic heterocycles. The highest BCUT2D eigenvalue weighted by Gasteiger charge is 2.21. The molecule has 2 radical (unpaired) electrons. The maximum absolute atomic E-state index is 13.7. The van der Waals surface area contributed by atoms with E-state index in [2.05, 4.69) is 0 Å². The summed E-state index contributed by atoms with van der Waals surface area (Å²) in [5, 5.41) is 0. The molecule has 84 valence electrons. The summed E-state index contributed by atoms with van der Waals surface area (Å²) in [5.41, 5.74) is -0.399. The van der Waals surface area contributed by atoms with Crippen LogP contribution >= 0.6 is 0 Å². The van der Waals surface area contributed by atoms with Crippen LogP contribution < -0.4 is 0 Å². The Balaban J connectivity index is 3.01. The Morgan fingerprint density at radius 2 is 2.06 bits per heavy atom. The molecule has 1 aromatic carbocycles. The fourth-order valence-electron chi connectivity index (χ4n) is 1.23. The van der Waals surface area contributed by atoms with Gasteiger partial charge in [0.1, 0.15) is 11.4 Å². The largest absolute Gasteiger partial charge is 0.456 e. The van der Waals surface area contributed by atoms with Crippen LogP contribution in [0.1, 0.15) is 36.7 Å². The first-order valence-electron chi connectivity index (χ1n) is 5.06. The quantitative estimate of drug-likeness (QED) is 0.565. The number of benzene rings is 1. The maximum Gasteiger partial charge on any atom is 0.341 e. The van der Waals surface area contributed by atoms with Gasteiger partial charge in [-0.3, -0.25) is 0 Å². The fraction of sp³-hybridized carbons (Fsp3) is 0.417. The molecule has 16 heavy (non-hydrogen) atoms. The van der Waals surface area contributed by atoms with Crippen molar-refractivity contribution >= 4 is 13.8 Å². The molecule has 0 heterocycles. The van der Waals surface area contributed by atoms with Crippen LogP contribution in [0.15, 0.2) is 18.2 Å². The molecule has 0 amide bonds. The summed E-state index contributed by atoms with van der Waals surface area (Å²) < 4.78 is 18.8. The summed E-state index contributed by atoms with van der Waals surface area (Å²) in [6.07, 6.45) is 0.0580. The standard InChI is InChI=1S/C12H14BFO2/c1-12(2,3)16-11(15)9-6-4-5-8(7-13)10(9)14/h4-6H,7H2,1-3H3. The molecule has 1 aromatic rings. The summed E-state index contributed by atoms with van der Waals surface area (Å²) in [4.78, 5) is 11.6. The Morgan fingerprint density at radius 3 is 2.56 bits per heavy atom. The van der Waals surface area contributed by atoms with Crippen molar-refractivity contribution in [3.8, 4) is 0 Å². The molecule has 4 heteroatoms. The van der Waals surface area contributed by atoms with Gasteiger partial charge in [0.2, 0.25) is 0 Å². The molecule has 0 fully saturated rings. The van der Waals surface area contributed by atoms with Crippen LogP contribution in [0, 0.1) is 5.82 Å². The van der Waals surface area contributed by atoms with Crippen LogP contribution in [-0.4, -0.2) is 19.4 Å². The highest BCUT2D eigenvalue weighted by atomic mass is 19.1. The van der Waals surface area contributed by atoms with Crippen molar-refractivity contribution in [3.63, 3.8) is 0 Å². The SMILES string of the molecule is [B]Cc1cccc(C(=O)OC(C)(C)C)c1F. The molecule has 0 aliphatic carbocycles. The van der Waals surface area contributed by atoms with Crippen LogP contribution in [0.25, 0.3) is 0 Å². The van der Waals surface area contributed by atoms with Crippen molar-refractivity contribution < 1.29 is 13.9 Å². The summed E-state index contributed by atoms with van der Waals surface area (Å²) in [5.74, 6) is -1.26. The van der Waals surface area contributed by atoms with Gasteiger partial charge in [0, 0.05) is 0 Å². The molecule has 1 rings (SSSR count). The first kappa shape index (κ1) is 12.8. The van der Waals surface area contributed by atoms with E-state index in [-0.39, 0.29) is 11.9 Å². The van der Waals surface area contributed by atoms with Crippen molar-refractivity contribution in [2.24, 2.45) is 0 Å². The molecule has 0 aliphatic rings. The monoisotopic (exact) mass is 220 g/mol. The highest BCUT2D eigenvalue weighted by Crippen LogP contribution is 2.17. The second-order valence-corrected chi connectivity index (χ2v) is 4.48. The van der Waals surface area contributed by atoms with Crippen LogP contribution in [0.4, 0.5) is 4.39 Å². The third-order valence-electron chi connectivity index (χ3n) is 1.92. The van der Waals surface area contributed by atoms with Crippen LogP contribution in [0.3, 0.4) is 0 Å². The third-order valence-corrected chi connectivity index (χ3v) is 1.92. The average molecular weight is 220 g/mol. The zero-order valence-electron chi connectivity index (χ0n) is 9.71. The van der Waals surface area contributed by atoms with Gasteiger partial charge >= 0.3 is 5.97 Å². The van der Waals surface area contributed by atoms with Crippen molar-refractivity contribution in [2.75, 3.05) is 0 Å². The minimum absolute atomic E-state index is 0.0580. The smallest absolute Gasteiger partial charge is 0.341 e. The van der Waals surface area contributed by atoms with E-state index < -0.39 is 17.4 Å². The summed E-state index contributed by atoms with van der Waals surface area (Å²) >= 11 is 0. The highest BCUT2D eigenvalue weighted by molar-refractivity contribution is 6.08. The van der Waals surface area contributed by atoms with E-state index in [0.29, 0.717) is 5.56 Å². The van der Waals surface area contributed by atoms with Crippen molar-refractivity contribution in [2.45, 2.75) is 32.7 Å². The third kappa shape index (κ3) is 3.09. The molecule has 0 spiro atoms. The molecule has 0 saturated carbocycles. The first-order valence-corrected chi connectivity index (χ1v) is 5.06. The number of esters is 1. The van der Waals surface area contributed by atoms with Gasteiger partial charge in [0.25, 0.3) is 0 Å². The molecule has 0 saturated heterocycles. The van der Waals surface area contributed by atoms with E-state index in [0.717, 1.165) is 0 Å². The molecule has 0 bridgehead atoms. The Bertz CT molecular complexity index is 396. The minimum Gasteiger partial charge on any atom is -0.456 e.